The molecule has 0 spiro atoms. The van der Waals surface area contributed by atoms with Crippen molar-refractivity contribution in [2.45, 2.75) is 13.3 Å². The van der Waals surface area contributed by atoms with E-state index in [1.165, 1.54) is 6.21 Å². The van der Waals surface area contributed by atoms with E-state index in [0.717, 1.165) is 22.8 Å². The number of hydrazone groups is 1. The van der Waals surface area contributed by atoms with E-state index in [-0.39, 0.29) is 0 Å². The van der Waals surface area contributed by atoms with Crippen LogP contribution in [0.3, 0.4) is 0 Å². The van der Waals surface area contributed by atoms with Crippen molar-refractivity contribution in [1.29, 1.82) is 0 Å². The zero-order valence-corrected chi connectivity index (χ0v) is 19.0. The molecule has 4 rings (SSSR count). The van der Waals surface area contributed by atoms with Crippen LogP contribution in [0.15, 0.2) is 96.1 Å². The van der Waals surface area contributed by atoms with Crippen LogP contribution in [0.25, 0.3) is 10.8 Å². The Labute approximate surface area is 202 Å². The van der Waals surface area contributed by atoms with E-state index in [1.54, 1.807) is 42.5 Å². The molecule has 2 N–H and O–H groups in total. The molecule has 0 saturated carbocycles. The third kappa shape index (κ3) is 5.97. The maximum Gasteiger partial charge on any atom is 0.344 e. The van der Waals surface area contributed by atoms with Crippen molar-refractivity contribution in [3.05, 3.63) is 108 Å². The number of nitrogens with one attached hydrogen (secondary N) is 2. The van der Waals surface area contributed by atoms with Crippen LogP contribution in [-0.4, -0.2) is 24.0 Å². The van der Waals surface area contributed by atoms with Gasteiger partial charge < -0.3 is 10.1 Å². The lowest BCUT2D eigenvalue weighted by molar-refractivity contribution is -0.136. The molecule has 7 heteroatoms. The quantitative estimate of drug-likeness (QED) is 0.142. The highest BCUT2D eigenvalue weighted by Gasteiger charge is 2.13. The van der Waals surface area contributed by atoms with E-state index in [4.69, 9.17) is 4.74 Å². The molecule has 0 aromatic heterocycles. The number of hydrogen-bond acceptors (Lipinski definition) is 5. The maximum atomic E-state index is 12.7. The number of carbonyl (C=O) groups is 3. The Bertz CT molecular complexity index is 1390. The summed E-state index contributed by atoms with van der Waals surface area (Å²) in [6, 6.07) is 26.9. The summed E-state index contributed by atoms with van der Waals surface area (Å²) in [5.74, 6) is -1.79. The van der Waals surface area contributed by atoms with Crippen LogP contribution in [0.2, 0.25) is 0 Å². The first-order valence-corrected chi connectivity index (χ1v) is 11.1. The summed E-state index contributed by atoms with van der Waals surface area (Å²) in [7, 11) is 0. The fraction of sp³-hybridized carbons (Fsp3) is 0.0714. The van der Waals surface area contributed by atoms with E-state index >= 15 is 0 Å². The van der Waals surface area contributed by atoms with E-state index in [9.17, 15) is 14.4 Å². The molecule has 174 valence electrons. The fourth-order valence-corrected chi connectivity index (χ4v) is 3.42. The van der Waals surface area contributed by atoms with Crippen LogP contribution in [0, 0.1) is 0 Å². The monoisotopic (exact) mass is 465 g/mol. The molecule has 0 bridgehead atoms. The first kappa shape index (κ1) is 23.4. The Balaban J connectivity index is 1.31. The van der Waals surface area contributed by atoms with Gasteiger partial charge in [-0.3, -0.25) is 9.59 Å². The number of hydrogen-bond donors (Lipinski definition) is 2. The number of ether oxygens (including phenoxy) is 1. The molecule has 0 heterocycles. The SMILES string of the molecule is CCc1ccc(NC(=O)C(=O)NN=Cc2ccc(OC(=O)c3cccc4ccccc34)cc2)cc1. The smallest absolute Gasteiger partial charge is 0.344 e. The molecule has 0 saturated heterocycles. The fourth-order valence-electron chi connectivity index (χ4n) is 3.42. The van der Waals surface area contributed by atoms with Crippen molar-refractivity contribution >= 4 is 40.5 Å². The molecule has 7 nitrogen and oxygen atoms in total. The molecule has 2 amide bonds. The van der Waals surface area contributed by atoms with Crippen LogP contribution >= 0.6 is 0 Å². The minimum atomic E-state index is -0.888. The molecule has 0 radical (unpaired) electrons. The van der Waals surface area contributed by atoms with E-state index in [1.807, 2.05) is 55.5 Å². The number of benzene rings is 4. The number of fused-ring (bicyclic) bond motifs is 1. The first-order valence-electron chi connectivity index (χ1n) is 11.1. The second kappa shape index (κ2) is 10.9. The Morgan fingerprint density at radius 1 is 0.829 bits per heavy atom. The average molecular weight is 466 g/mol. The summed E-state index contributed by atoms with van der Waals surface area (Å²) in [4.78, 5) is 36.6. The van der Waals surface area contributed by atoms with Gasteiger partial charge in [0.1, 0.15) is 5.75 Å². The van der Waals surface area contributed by atoms with E-state index in [2.05, 4.69) is 15.8 Å². The van der Waals surface area contributed by atoms with E-state index < -0.39 is 17.8 Å². The van der Waals surface area contributed by atoms with Gasteiger partial charge >= 0.3 is 17.8 Å². The lowest BCUT2D eigenvalue weighted by Gasteiger charge is -2.07. The predicted octanol–water partition coefficient (Wildman–Crippen LogP) is 4.71. The summed E-state index contributed by atoms with van der Waals surface area (Å²) in [6.07, 6.45) is 2.27. The van der Waals surface area contributed by atoms with Crippen molar-refractivity contribution in [1.82, 2.24) is 5.43 Å². The molecular weight excluding hydrogens is 442 g/mol. The molecule has 0 atom stereocenters. The molecule has 0 aliphatic heterocycles. The van der Waals surface area contributed by atoms with Crippen molar-refractivity contribution in [3.63, 3.8) is 0 Å². The van der Waals surface area contributed by atoms with Crippen LogP contribution in [0.5, 0.6) is 5.75 Å². The predicted molar refractivity (Wildman–Crippen MR) is 136 cm³/mol. The minimum absolute atomic E-state index is 0.373. The lowest BCUT2D eigenvalue weighted by Crippen LogP contribution is -2.32. The van der Waals surface area contributed by atoms with Crippen molar-refractivity contribution in [2.75, 3.05) is 5.32 Å². The summed E-state index contributed by atoms with van der Waals surface area (Å²) >= 11 is 0. The Morgan fingerprint density at radius 3 is 2.29 bits per heavy atom. The Hall–Kier alpha value is -4.78. The van der Waals surface area contributed by atoms with Crippen LogP contribution in [0.1, 0.15) is 28.4 Å². The molecular formula is C28H23N3O4. The highest BCUT2D eigenvalue weighted by molar-refractivity contribution is 6.39. The number of nitrogens with zero attached hydrogens (tertiary/aromatic N) is 1. The number of amides is 2. The molecule has 4 aromatic carbocycles. The standard InChI is InChI=1S/C28H23N3O4/c1-2-19-10-14-22(15-11-19)30-26(32)27(33)31-29-18-20-12-16-23(17-13-20)35-28(34)25-9-5-7-21-6-3-4-8-24(21)25/h3-18H,2H2,1H3,(H,30,32)(H,31,33). The number of aryl methyl sites for hydroxylation is 1. The van der Waals surface area contributed by atoms with Gasteiger partial charge in [-0.1, -0.05) is 55.5 Å². The lowest BCUT2D eigenvalue weighted by atomic mass is 10.0. The number of esters is 1. The summed E-state index contributed by atoms with van der Waals surface area (Å²) in [6.45, 7) is 2.03. The van der Waals surface area contributed by atoms with Gasteiger partial charge in [-0.25, -0.2) is 10.2 Å². The molecule has 35 heavy (non-hydrogen) atoms. The minimum Gasteiger partial charge on any atom is -0.423 e. The number of rotatable bonds is 6. The average Bonchev–Trinajstić information content (AvgIpc) is 2.89. The van der Waals surface area contributed by atoms with E-state index in [0.29, 0.717) is 22.6 Å². The van der Waals surface area contributed by atoms with Crippen molar-refractivity contribution < 1.29 is 19.1 Å². The van der Waals surface area contributed by atoms with Gasteiger partial charge in [0, 0.05) is 5.69 Å². The van der Waals surface area contributed by atoms with Gasteiger partial charge in [0.2, 0.25) is 0 Å². The first-order chi connectivity index (χ1) is 17.0. The van der Waals surface area contributed by atoms with Crippen LogP contribution in [-0.2, 0) is 16.0 Å². The van der Waals surface area contributed by atoms with Gasteiger partial charge in [-0.15, -0.1) is 0 Å². The highest BCUT2D eigenvalue weighted by atomic mass is 16.5. The maximum absolute atomic E-state index is 12.7. The summed E-state index contributed by atoms with van der Waals surface area (Å²) in [5.41, 5.74) is 4.98. The highest BCUT2D eigenvalue weighted by Crippen LogP contribution is 2.21. The zero-order valence-electron chi connectivity index (χ0n) is 19.0. The van der Waals surface area contributed by atoms with Crippen molar-refractivity contribution in [2.24, 2.45) is 5.10 Å². The van der Waals surface area contributed by atoms with Gasteiger partial charge in [-0.2, -0.15) is 5.10 Å². The van der Waals surface area contributed by atoms with Gasteiger partial charge in [0.25, 0.3) is 0 Å². The normalized spacial score (nSPS) is 10.8. The number of anilines is 1. The van der Waals surface area contributed by atoms with Gasteiger partial charge in [0.05, 0.1) is 11.8 Å². The molecule has 0 fully saturated rings. The third-order valence-electron chi connectivity index (χ3n) is 5.31. The summed E-state index contributed by atoms with van der Waals surface area (Å²) < 4.78 is 5.50. The van der Waals surface area contributed by atoms with Crippen molar-refractivity contribution in [3.8, 4) is 5.75 Å². The van der Waals surface area contributed by atoms with Crippen LogP contribution in [0.4, 0.5) is 5.69 Å². The zero-order chi connectivity index (χ0) is 24.6. The van der Waals surface area contributed by atoms with Crippen LogP contribution < -0.4 is 15.5 Å². The Kier molecular flexibility index (Phi) is 7.28. The molecule has 4 aromatic rings. The third-order valence-corrected chi connectivity index (χ3v) is 5.31. The number of carbonyl (C=O) groups excluding carboxylic acids is 3. The largest absolute Gasteiger partial charge is 0.423 e. The molecule has 0 unspecified atom stereocenters. The Morgan fingerprint density at radius 2 is 1.54 bits per heavy atom. The molecule has 0 aliphatic rings. The second-order valence-corrected chi connectivity index (χ2v) is 7.69. The topological polar surface area (TPSA) is 96.9 Å². The molecule has 0 aliphatic carbocycles. The van der Waals surface area contributed by atoms with Gasteiger partial charge in [0.15, 0.2) is 0 Å². The second-order valence-electron chi connectivity index (χ2n) is 7.69. The van der Waals surface area contributed by atoms with Gasteiger partial charge in [-0.05, 0) is 70.8 Å². The summed E-state index contributed by atoms with van der Waals surface area (Å²) in [5, 5.41) is 8.11.